The average Bonchev–Trinajstić information content (AvgIpc) is 2.95. The third-order valence-electron chi connectivity index (χ3n) is 5.99. The minimum atomic E-state index is -0.650. The van der Waals surface area contributed by atoms with Crippen molar-refractivity contribution in [3.05, 3.63) is 28.9 Å². The van der Waals surface area contributed by atoms with Gasteiger partial charge in [0.05, 0.1) is 21.8 Å². The van der Waals surface area contributed by atoms with Crippen LogP contribution < -0.4 is 5.32 Å². The molecule has 1 saturated heterocycles. The van der Waals surface area contributed by atoms with E-state index in [1.807, 2.05) is 59.9 Å². The molecule has 0 unspecified atom stereocenters. The summed E-state index contributed by atoms with van der Waals surface area (Å²) in [5, 5.41) is 9.39. The minimum Gasteiger partial charge on any atom is -0.444 e. The number of aryl methyl sites for hydroxylation is 1. The number of hydrogen-bond acceptors (Lipinski definition) is 4. The Bertz CT molecular complexity index is 1010. The third kappa shape index (κ3) is 3.64. The molecule has 4 rings (SSSR count). The van der Waals surface area contributed by atoms with E-state index in [9.17, 15) is 9.59 Å². The second-order valence-electron chi connectivity index (χ2n) is 9.96. The van der Waals surface area contributed by atoms with Gasteiger partial charge in [-0.3, -0.25) is 9.48 Å². The Labute approximate surface area is 181 Å². The van der Waals surface area contributed by atoms with Gasteiger partial charge in [-0.05, 0) is 52.5 Å². The summed E-state index contributed by atoms with van der Waals surface area (Å²) in [7, 11) is 1.85. The molecule has 1 N–H and O–H groups in total. The van der Waals surface area contributed by atoms with Crippen molar-refractivity contribution in [2.45, 2.75) is 45.8 Å². The highest BCUT2D eigenvalue weighted by Gasteiger charge is 2.61. The monoisotopic (exact) mass is 432 g/mol. The first kappa shape index (κ1) is 21.0. The molecule has 7 nitrogen and oxygen atoms in total. The fourth-order valence-electron chi connectivity index (χ4n) is 4.59. The smallest absolute Gasteiger partial charge is 0.410 e. The highest BCUT2D eigenvalue weighted by molar-refractivity contribution is 6.35. The van der Waals surface area contributed by atoms with Crippen LogP contribution in [0.5, 0.6) is 0 Å². The molecule has 2 amide bonds. The van der Waals surface area contributed by atoms with Crippen molar-refractivity contribution in [1.82, 2.24) is 20.0 Å². The van der Waals surface area contributed by atoms with E-state index >= 15 is 0 Å². The summed E-state index contributed by atoms with van der Waals surface area (Å²) in [6.45, 7) is 10.6. The van der Waals surface area contributed by atoms with Gasteiger partial charge < -0.3 is 15.0 Å². The number of likely N-dealkylation sites (tertiary alicyclic amines) is 1. The van der Waals surface area contributed by atoms with E-state index in [-0.39, 0.29) is 29.8 Å². The van der Waals surface area contributed by atoms with Gasteiger partial charge in [0.15, 0.2) is 0 Å². The largest absolute Gasteiger partial charge is 0.444 e. The standard InChI is InChI=1S/C22H29ClN4O3/c1-21(2,3)30-20(29)27-10-13-14(11-27)16(13)19(28)24-22(4,5)18-12-8-7-9-15(23)17(12)26(6)25-18/h7-9,13-14,16H,10-11H2,1-6H3,(H,24,28)/t13-,14+,16+. The molecule has 162 valence electrons. The van der Waals surface area contributed by atoms with E-state index in [0.717, 1.165) is 16.6 Å². The van der Waals surface area contributed by atoms with Crippen molar-refractivity contribution in [1.29, 1.82) is 0 Å². The SMILES string of the molecule is Cn1nc(C(C)(C)NC(=O)[C@H]2[C@@H]3CN(C(=O)OC(C)(C)C)C[C@@H]32)c2cccc(Cl)c21. The van der Waals surface area contributed by atoms with Crippen molar-refractivity contribution in [2.75, 3.05) is 13.1 Å². The number of amides is 2. The van der Waals surface area contributed by atoms with Gasteiger partial charge in [0.2, 0.25) is 5.91 Å². The molecular formula is C22H29ClN4O3. The van der Waals surface area contributed by atoms with Crippen LogP contribution >= 0.6 is 11.6 Å². The number of benzene rings is 1. The lowest BCUT2D eigenvalue weighted by atomic mass is 9.96. The number of para-hydroxylation sites is 1. The second kappa shape index (κ2) is 6.87. The number of fused-ring (bicyclic) bond motifs is 2. The maximum absolute atomic E-state index is 13.0. The maximum Gasteiger partial charge on any atom is 0.410 e. The van der Waals surface area contributed by atoms with E-state index in [4.69, 9.17) is 16.3 Å². The number of nitrogens with zero attached hydrogens (tertiary/aromatic N) is 3. The molecule has 0 radical (unpaired) electrons. The van der Waals surface area contributed by atoms with Crippen LogP contribution in [0.25, 0.3) is 10.9 Å². The highest BCUT2D eigenvalue weighted by atomic mass is 35.5. The first-order valence-electron chi connectivity index (χ1n) is 10.3. The van der Waals surface area contributed by atoms with Crippen LogP contribution in [0.15, 0.2) is 18.2 Å². The average molecular weight is 433 g/mol. The van der Waals surface area contributed by atoms with Crippen LogP contribution in [0.4, 0.5) is 4.79 Å². The van der Waals surface area contributed by atoms with Gasteiger partial charge in [0.1, 0.15) is 5.60 Å². The van der Waals surface area contributed by atoms with Crippen LogP contribution in [-0.2, 0) is 22.1 Å². The number of ether oxygens (including phenoxy) is 1. The predicted octanol–water partition coefficient (Wildman–Crippen LogP) is 3.69. The van der Waals surface area contributed by atoms with Crippen molar-refractivity contribution < 1.29 is 14.3 Å². The topological polar surface area (TPSA) is 76.5 Å². The molecule has 1 saturated carbocycles. The number of aromatic nitrogens is 2. The predicted molar refractivity (Wildman–Crippen MR) is 115 cm³/mol. The number of halogens is 1. The summed E-state index contributed by atoms with van der Waals surface area (Å²) in [4.78, 5) is 27.0. The fraction of sp³-hybridized carbons (Fsp3) is 0.591. The third-order valence-corrected chi connectivity index (χ3v) is 6.30. The number of rotatable bonds is 3. The number of carbonyl (C=O) groups is 2. The fourth-order valence-corrected chi connectivity index (χ4v) is 4.89. The number of carbonyl (C=O) groups excluding carboxylic acids is 2. The van der Waals surface area contributed by atoms with Crippen LogP contribution in [-0.4, -0.2) is 45.4 Å². The minimum absolute atomic E-state index is 0.0136. The molecule has 1 aliphatic heterocycles. The van der Waals surface area contributed by atoms with Gasteiger partial charge in [-0.15, -0.1) is 0 Å². The molecule has 0 bridgehead atoms. The van der Waals surface area contributed by atoms with Gasteiger partial charge in [-0.2, -0.15) is 5.10 Å². The molecule has 0 spiro atoms. The molecule has 30 heavy (non-hydrogen) atoms. The summed E-state index contributed by atoms with van der Waals surface area (Å²) < 4.78 is 7.20. The van der Waals surface area contributed by atoms with E-state index in [1.54, 1.807) is 9.58 Å². The Hall–Kier alpha value is -2.28. The molecule has 2 heterocycles. The second-order valence-corrected chi connectivity index (χ2v) is 10.4. The zero-order valence-corrected chi connectivity index (χ0v) is 19.1. The Morgan fingerprint density at radius 3 is 2.40 bits per heavy atom. The first-order valence-corrected chi connectivity index (χ1v) is 10.7. The van der Waals surface area contributed by atoms with Crippen LogP contribution in [0.3, 0.4) is 0 Å². The summed E-state index contributed by atoms with van der Waals surface area (Å²) in [5.41, 5.74) is 0.479. The van der Waals surface area contributed by atoms with Gasteiger partial charge in [0.25, 0.3) is 0 Å². The zero-order valence-electron chi connectivity index (χ0n) is 18.3. The Kier molecular flexibility index (Phi) is 4.80. The molecule has 8 heteroatoms. The van der Waals surface area contributed by atoms with Gasteiger partial charge >= 0.3 is 6.09 Å². The molecule has 2 fully saturated rings. The molecule has 2 aromatic rings. The molecular weight excluding hydrogens is 404 g/mol. The van der Waals surface area contributed by atoms with E-state index in [2.05, 4.69) is 10.4 Å². The summed E-state index contributed by atoms with van der Waals surface area (Å²) in [5.74, 6) is 0.340. The lowest BCUT2D eigenvalue weighted by Gasteiger charge is -2.27. The van der Waals surface area contributed by atoms with Crippen molar-refractivity contribution >= 4 is 34.5 Å². The molecule has 1 aromatic carbocycles. The number of nitrogens with one attached hydrogen (secondary N) is 1. The van der Waals surface area contributed by atoms with Crippen molar-refractivity contribution in [3.63, 3.8) is 0 Å². The molecule has 1 aliphatic carbocycles. The first-order chi connectivity index (χ1) is 13.9. The normalized spacial score (nSPS) is 23.4. The van der Waals surface area contributed by atoms with E-state index in [0.29, 0.717) is 18.1 Å². The lowest BCUT2D eigenvalue weighted by molar-refractivity contribution is -0.125. The lowest BCUT2D eigenvalue weighted by Crippen LogP contribution is -2.44. The maximum atomic E-state index is 13.0. The zero-order chi connectivity index (χ0) is 22.0. The number of hydrogen-bond donors (Lipinski definition) is 1. The van der Waals surface area contributed by atoms with Crippen molar-refractivity contribution in [2.24, 2.45) is 24.8 Å². The van der Waals surface area contributed by atoms with Crippen LogP contribution in [0, 0.1) is 17.8 Å². The van der Waals surface area contributed by atoms with Gasteiger partial charge in [-0.1, -0.05) is 23.7 Å². The summed E-state index contributed by atoms with van der Waals surface area (Å²) in [6, 6.07) is 5.70. The van der Waals surface area contributed by atoms with Crippen molar-refractivity contribution in [3.8, 4) is 0 Å². The van der Waals surface area contributed by atoms with Crippen LogP contribution in [0.1, 0.15) is 40.3 Å². The quantitative estimate of drug-likeness (QED) is 0.802. The molecule has 3 atom stereocenters. The Balaban J connectivity index is 1.43. The summed E-state index contributed by atoms with van der Waals surface area (Å²) >= 11 is 6.35. The van der Waals surface area contributed by atoms with E-state index < -0.39 is 11.1 Å². The Morgan fingerprint density at radius 1 is 1.17 bits per heavy atom. The van der Waals surface area contributed by atoms with Gasteiger partial charge in [0, 0.05) is 31.4 Å². The van der Waals surface area contributed by atoms with E-state index in [1.165, 1.54) is 0 Å². The molecule has 2 aliphatic rings. The number of piperidine rings is 1. The van der Waals surface area contributed by atoms with Gasteiger partial charge in [-0.25, -0.2) is 4.79 Å². The van der Waals surface area contributed by atoms with Crippen LogP contribution in [0.2, 0.25) is 5.02 Å². The summed E-state index contributed by atoms with van der Waals surface area (Å²) in [6.07, 6.45) is -0.300. The Morgan fingerprint density at radius 2 is 1.80 bits per heavy atom. The molecule has 1 aromatic heterocycles. The highest BCUT2D eigenvalue weighted by Crippen LogP contribution is 2.52.